The second-order valence-corrected chi connectivity index (χ2v) is 4.32. The molecule has 0 atom stereocenters. The van der Waals surface area contributed by atoms with E-state index >= 15 is 0 Å². The van der Waals surface area contributed by atoms with Gasteiger partial charge in [-0.1, -0.05) is 6.07 Å². The van der Waals surface area contributed by atoms with Gasteiger partial charge in [-0.2, -0.15) is 0 Å². The van der Waals surface area contributed by atoms with Crippen LogP contribution in [-0.2, 0) is 0 Å². The van der Waals surface area contributed by atoms with E-state index < -0.39 is 0 Å². The van der Waals surface area contributed by atoms with Crippen LogP contribution in [0.5, 0.6) is 0 Å². The van der Waals surface area contributed by atoms with Crippen LogP contribution >= 0.6 is 0 Å². The van der Waals surface area contributed by atoms with Crippen LogP contribution in [0.1, 0.15) is 13.8 Å². The molecule has 0 aliphatic heterocycles. The van der Waals surface area contributed by atoms with Gasteiger partial charge >= 0.3 is 0 Å². The summed E-state index contributed by atoms with van der Waals surface area (Å²) >= 11 is 0. The Kier molecular flexibility index (Phi) is 3.11. The summed E-state index contributed by atoms with van der Waals surface area (Å²) in [6, 6.07) is 6.51. The van der Waals surface area contributed by atoms with Gasteiger partial charge in [-0.15, -0.1) is 0 Å². The smallest absolute Gasteiger partial charge is 0.125 e. The SMILES string of the molecule is CN(CC(C)(C)N)c1cccc(F)c1. The Morgan fingerprint density at radius 3 is 2.57 bits per heavy atom. The first-order valence-corrected chi connectivity index (χ1v) is 4.64. The van der Waals surface area contributed by atoms with Crippen molar-refractivity contribution in [3.05, 3.63) is 30.1 Å². The molecule has 14 heavy (non-hydrogen) atoms. The van der Waals surface area contributed by atoms with Crippen LogP contribution in [0.4, 0.5) is 10.1 Å². The minimum absolute atomic E-state index is 0.218. The quantitative estimate of drug-likeness (QED) is 0.801. The fraction of sp³-hybridized carbons (Fsp3) is 0.455. The van der Waals surface area contributed by atoms with Gasteiger partial charge < -0.3 is 10.6 Å². The predicted molar refractivity (Wildman–Crippen MR) is 57.9 cm³/mol. The molecule has 0 amide bonds. The highest BCUT2D eigenvalue weighted by Crippen LogP contribution is 2.15. The molecule has 0 saturated heterocycles. The lowest BCUT2D eigenvalue weighted by Gasteiger charge is -2.28. The van der Waals surface area contributed by atoms with Crippen LogP contribution in [-0.4, -0.2) is 19.1 Å². The molecule has 3 heteroatoms. The second-order valence-electron chi connectivity index (χ2n) is 4.32. The summed E-state index contributed by atoms with van der Waals surface area (Å²) in [7, 11) is 1.91. The number of rotatable bonds is 3. The Labute approximate surface area is 84.5 Å². The Bertz CT molecular complexity index is 304. The minimum Gasteiger partial charge on any atom is -0.373 e. The van der Waals surface area contributed by atoms with Gasteiger partial charge in [0.2, 0.25) is 0 Å². The summed E-state index contributed by atoms with van der Waals surface area (Å²) < 4.78 is 12.9. The molecule has 0 fully saturated rings. The molecule has 0 bridgehead atoms. The summed E-state index contributed by atoms with van der Waals surface area (Å²) in [6.07, 6.45) is 0. The number of nitrogens with two attached hydrogens (primary N) is 1. The second kappa shape index (κ2) is 3.96. The van der Waals surface area contributed by atoms with Crippen LogP contribution in [0.2, 0.25) is 0 Å². The summed E-state index contributed by atoms with van der Waals surface area (Å²) in [5.74, 6) is -0.218. The number of anilines is 1. The third-order valence-electron chi connectivity index (χ3n) is 1.89. The number of halogens is 1. The van der Waals surface area contributed by atoms with E-state index in [1.54, 1.807) is 6.07 Å². The van der Waals surface area contributed by atoms with Crippen molar-refractivity contribution in [3.8, 4) is 0 Å². The molecule has 2 N–H and O–H groups in total. The van der Waals surface area contributed by atoms with Crippen molar-refractivity contribution in [3.63, 3.8) is 0 Å². The van der Waals surface area contributed by atoms with Gasteiger partial charge in [-0.3, -0.25) is 0 Å². The van der Waals surface area contributed by atoms with E-state index in [0.717, 1.165) is 5.69 Å². The zero-order valence-electron chi connectivity index (χ0n) is 8.92. The fourth-order valence-electron chi connectivity index (χ4n) is 1.42. The highest BCUT2D eigenvalue weighted by Gasteiger charge is 2.14. The molecule has 0 spiro atoms. The van der Waals surface area contributed by atoms with Crippen molar-refractivity contribution >= 4 is 5.69 Å². The van der Waals surface area contributed by atoms with Gasteiger partial charge in [0.05, 0.1) is 0 Å². The van der Waals surface area contributed by atoms with Gasteiger partial charge in [0.15, 0.2) is 0 Å². The minimum atomic E-state index is -0.277. The molecular formula is C11H17FN2. The number of benzene rings is 1. The summed E-state index contributed by atoms with van der Waals surface area (Å²) in [5.41, 5.74) is 6.45. The highest BCUT2D eigenvalue weighted by molar-refractivity contribution is 5.45. The fourth-order valence-corrected chi connectivity index (χ4v) is 1.42. The average molecular weight is 196 g/mol. The first kappa shape index (κ1) is 11.0. The maximum atomic E-state index is 12.9. The molecule has 0 heterocycles. The lowest BCUT2D eigenvalue weighted by Crippen LogP contribution is -2.44. The Morgan fingerprint density at radius 2 is 2.07 bits per heavy atom. The largest absolute Gasteiger partial charge is 0.373 e. The standard InChI is InChI=1S/C11H17FN2/c1-11(2,13)8-14(3)10-6-4-5-9(12)7-10/h4-7H,8,13H2,1-3H3. The lowest BCUT2D eigenvalue weighted by molar-refractivity contribution is 0.518. The molecular weight excluding hydrogens is 179 g/mol. The number of likely N-dealkylation sites (N-methyl/N-ethyl adjacent to an activating group) is 1. The third kappa shape index (κ3) is 3.34. The van der Waals surface area contributed by atoms with E-state index in [2.05, 4.69) is 0 Å². The van der Waals surface area contributed by atoms with E-state index in [1.165, 1.54) is 12.1 Å². The zero-order valence-corrected chi connectivity index (χ0v) is 8.92. The maximum Gasteiger partial charge on any atom is 0.125 e. The summed E-state index contributed by atoms with van der Waals surface area (Å²) in [5, 5.41) is 0. The summed E-state index contributed by atoms with van der Waals surface area (Å²) in [4.78, 5) is 1.95. The maximum absolute atomic E-state index is 12.9. The van der Waals surface area contributed by atoms with Crippen molar-refractivity contribution in [2.45, 2.75) is 19.4 Å². The Morgan fingerprint density at radius 1 is 1.43 bits per heavy atom. The number of hydrogen-bond donors (Lipinski definition) is 1. The molecule has 0 unspecified atom stereocenters. The molecule has 0 aliphatic rings. The molecule has 0 radical (unpaired) electrons. The van der Waals surface area contributed by atoms with Gasteiger partial charge in [0.25, 0.3) is 0 Å². The van der Waals surface area contributed by atoms with Crippen LogP contribution in [0.15, 0.2) is 24.3 Å². The van der Waals surface area contributed by atoms with Crippen LogP contribution < -0.4 is 10.6 Å². The number of hydrogen-bond acceptors (Lipinski definition) is 2. The average Bonchev–Trinajstić information content (AvgIpc) is 2.01. The lowest BCUT2D eigenvalue weighted by atomic mass is 10.1. The van der Waals surface area contributed by atoms with E-state index in [-0.39, 0.29) is 11.4 Å². The van der Waals surface area contributed by atoms with Crippen molar-refractivity contribution in [2.24, 2.45) is 5.73 Å². The van der Waals surface area contributed by atoms with E-state index in [0.29, 0.717) is 6.54 Å². The van der Waals surface area contributed by atoms with Crippen LogP contribution in [0, 0.1) is 5.82 Å². The van der Waals surface area contributed by atoms with Gasteiger partial charge in [-0.25, -0.2) is 4.39 Å². The molecule has 1 rings (SSSR count). The molecule has 0 saturated carbocycles. The van der Waals surface area contributed by atoms with Gasteiger partial charge in [-0.05, 0) is 32.0 Å². The van der Waals surface area contributed by atoms with Crippen LogP contribution in [0.3, 0.4) is 0 Å². The molecule has 2 nitrogen and oxygen atoms in total. The predicted octanol–water partition coefficient (Wildman–Crippen LogP) is 2.00. The highest BCUT2D eigenvalue weighted by atomic mass is 19.1. The van der Waals surface area contributed by atoms with Gasteiger partial charge in [0, 0.05) is 24.8 Å². The normalized spacial score (nSPS) is 11.5. The first-order chi connectivity index (χ1) is 6.38. The van der Waals surface area contributed by atoms with E-state index in [1.807, 2.05) is 31.9 Å². The summed E-state index contributed by atoms with van der Waals surface area (Å²) in [6.45, 7) is 4.59. The monoisotopic (exact) mass is 196 g/mol. The van der Waals surface area contributed by atoms with Crippen molar-refractivity contribution < 1.29 is 4.39 Å². The molecule has 1 aromatic rings. The molecule has 0 aliphatic carbocycles. The topological polar surface area (TPSA) is 29.3 Å². The number of nitrogens with zero attached hydrogens (tertiary/aromatic N) is 1. The van der Waals surface area contributed by atoms with Gasteiger partial charge in [0.1, 0.15) is 5.82 Å². The molecule has 0 aromatic heterocycles. The van der Waals surface area contributed by atoms with E-state index in [4.69, 9.17) is 5.73 Å². The zero-order chi connectivity index (χ0) is 10.8. The Balaban J connectivity index is 2.74. The molecule has 78 valence electrons. The van der Waals surface area contributed by atoms with Crippen LogP contribution in [0.25, 0.3) is 0 Å². The van der Waals surface area contributed by atoms with Crippen molar-refractivity contribution in [1.82, 2.24) is 0 Å². The Hall–Kier alpha value is -1.09. The molecule has 1 aromatic carbocycles. The first-order valence-electron chi connectivity index (χ1n) is 4.64. The van der Waals surface area contributed by atoms with Crippen molar-refractivity contribution in [2.75, 3.05) is 18.5 Å². The van der Waals surface area contributed by atoms with E-state index in [9.17, 15) is 4.39 Å². The third-order valence-corrected chi connectivity index (χ3v) is 1.89. The van der Waals surface area contributed by atoms with Crippen molar-refractivity contribution in [1.29, 1.82) is 0 Å².